The van der Waals surface area contributed by atoms with Crippen LogP contribution in [-0.4, -0.2) is 79.9 Å². The fourth-order valence-electron chi connectivity index (χ4n) is 4.17. The molecule has 2 N–H and O–H groups in total. The molecule has 1 aromatic heterocycles. The molecule has 0 spiro atoms. The predicted octanol–water partition coefficient (Wildman–Crippen LogP) is 2.99. The zero-order chi connectivity index (χ0) is 23.9. The van der Waals surface area contributed by atoms with Crippen molar-refractivity contribution in [2.75, 3.05) is 74.7 Å². The molecule has 0 bridgehead atoms. The summed E-state index contributed by atoms with van der Waals surface area (Å²) in [5.41, 5.74) is 4.63. The van der Waals surface area contributed by atoms with Crippen LogP contribution in [0.15, 0.2) is 60.8 Å². The SMILES string of the molecule is O=C(CN1CCOCC1)Nc1ccc(-c2ccnc(Nc3ccc(N4CCOCC4)cc3)n2)cc1. The van der Waals surface area contributed by atoms with E-state index in [1.54, 1.807) is 6.20 Å². The van der Waals surface area contributed by atoms with Gasteiger partial charge in [0, 0.05) is 55.0 Å². The number of hydrogen-bond donors (Lipinski definition) is 2. The molecule has 5 rings (SSSR count). The van der Waals surface area contributed by atoms with E-state index in [0.29, 0.717) is 25.7 Å². The van der Waals surface area contributed by atoms with Crippen LogP contribution in [0.3, 0.4) is 0 Å². The maximum atomic E-state index is 12.3. The van der Waals surface area contributed by atoms with Crippen LogP contribution in [0.25, 0.3) is 11.3 Å². The average Bonchev–Trinajstić information content (AvgIpc) is 2.91. The van der Waals surface area contributed by atoms with Gasteiger partial charge in [0.05, 0.1) is 38.7 Å². The molecule has 1 amide bonds. The van der Waals surface area contributed by atoms with Crippen molar-refractivity contribution in [3.63, 3.8) is 0 Å². The maximum absolute atomic E-state index is 12.3. The number of nitrogens with one attached hydrogen (secondary N) is 2. The molecule has 0 unspecified atom stereocenters. The lowest BCUT2D eigenvalue weighted by Gasteiger charge is -2.28. The van der Waals surface area contributed by atoms with Crippen LogP contribution >= 0.6 is 0 Å². The van der Waals surface area contributed by atoms with Crippen molar-refractivity contribution < 1.29 is 14.3 Å². The molecule has 35 heavy (non-hydrogen) atoms. The molecule has 9 heteroatoms. The van der Waals surface area contributed by atoms with Crippen LogP contribution in [-0.2, 0) is 14.3 Å². The number of morpholine rings is 2. The van der Waals surface area contributed by atoms with E-state index in [4.69, 9.17) is 9.47 Å². The second kappa shape index (κ2) is 11.3. The highest BCUT2D eigenvalue weighted by Crippen LogP contribution is 2.23. The zero-order valence-electron chi connectivity index (χ0n) is 19.7. The van der Waals surface area contributed by atoms with Gasteiger partial charge in [-0.05, 0) is 42.5 Å². The van der Waals surface area contributed by atoms with Gasteiger partial charge in [-0.3, -0.25) is 9.69 Å². The van der Waals surface area contributed by atoms with Crippen molar-refractivity contribution in [3.8, 4) is 11.3 Å². The molecular formula is C26H30N6O3. The Morgan fingerprint density at radius 1 is 0.829 bits per heavy atom. The van der Waals surface area contributed by atoms with Gasteiger partial charge in [-0.2, -0.15) is 0 Å². The topological polar surface area (TPSA) is 91.8 Å². The number of ether oxygens (including phenoxy) is 2. The first-order chi connectivity index (χ1) is 17.2. The third kappa shape index (κ3) is 6.33. The van der Waals surface area contributed by atoms with Gasteiger partial charge in [0.2, 0.25) is 11.9 Å². The first kappa shape index (κ1) is 23.2. The van der Waals surface area contributed by atoms with Gasteiger partial charge >= 0.3 is 0 Å². The maximum Gasteiger partial charge on any atom is 0.238 e. The second-order valence-corrected chi connectivity index (χ2v) is 8.55. The summed E-state index contributed by atoms with van der Waals surface area (Å²) in [5.74, 6) is 0.511. The minimum atomic E-state index is -0.0205. The number of carbonyl (C=O) groups is 1. The van der Waals surface area contributed by atoms with Crippen LogP contribution in [0.2, 0.25) is 0 Å². The number of amides is 1. The van der Waals surface area contributed by atoms with E-state index >= 15 is 0 Å². The molecule has 2 fully saturated rings. The summed E-state index contributed by atoms with van der Waals surface area (Å²) >= 11 is 0. The largest absolute Gasteiger partial charge is 0.379 e. The summed E-state index contributed by atoms with van der Waals surface area (Å²) in [4.78, 5) is 25.8. The molecular weight excluding hydrogens is 444 g/mol. The molecule has 2 aliphatic rings. The quantitative estimate of drug-likeness (QED) is 0.540. The minimum Gasteiger partial charge on any atom is -0.379 e. The fourth-order valence-corrected chi connectivity index (χ4v) is 4.17. The van der Waals surface area contributed by atoms with Crippen molar-refractivity contribution in [2.45, 2.75) is 0 Å². The third-order valence-corrected chi connectivity index (χ3v) is 6.09. The van der Waals surface area contributed by atoms with Gasteiger partial charge < -0.3 is 25.0 Å². The van der Waals surface area contributed by atoms with E-state index in [1.165, 1.54) is 5.69 Å². The molecule has 0 radical (unpaired) electrons. The fraction of sp³-hybridized carbons (Fsp3) is 0.346. The number of nitrogens with zero attached hydrogens (tertiary/aromatic N) is 4. The number of rotatable bonds is 7. The van der Waals surface area contributed by atoms with Crippen LogP contribution in [0, 0.1) is 0 Å². The molecule has 182 valence electrons. The van der Waals surface area contributed by atoms with Crippen molar-refractivity contribution in [3.05, 3.63) is 60.8 Å². The smallest absolute Gasteiger partial charge is 0.238 e. The summed E-state index contributed by atoms with van der Waals surface area (Å²) in [6.45, 7) is 6.66. The van der Waals surface area contributed by atoms with E-state index in [9.17, 15) is 4.79 Å². The highest BCUT2D eigenvalue weighted by Gasteiger charge is 2.14. The Morgan fingerprint density at radius 3 is 2.20 bits per heavy atom. The first-order valence-corrected chi connectivity index (χ1v) is 12.0. The lowest BCUT2D eigenvalue weighted by Crippen LogP contribution is -2.41. The Bertz CT molecular complexity index is 1110. The van der Waals surface area contributed by atoms with Gasteiger partial charge in [-0.15, -0.1) is 0 Å². The molecule has 3 heterocycles. The number of aromatic nitrogens is 2. The summed E-state index contributed by atoms with van der Waals surface area (Å²) < 4.78 is 10.8. The molecule has 9 nitrogen and oxygen atoms in total. The van der Waals surface area contributed by atoms with Gasteiger partial charge in [0.1, 0.15) is 0 Å². The summed E-state index contributed by atoms with van der Waals surface area (Å²) in [5, 5.41) is 6.25. The van der Waals surface area contributed by atoms with Crippen molar-refractivity contribution >= 4 is 28.9 Å². The summed E-state index contributed by atoms with van der Waals surface area (Å²) in [6.07, 6.45) is 1.74. The molecule has 2 aromatic carbocycles. The second-order valence-electron chi connectivity index (χ2n) is 8.55. The number of hydrogen-bond acceptors (Lipinski definition) is 8. The van der Waals surface area contributed by atoms with E-state index < -0.39 is 0 Å². The lowest BCUT2D eigenvalue weighted by atomic mass is 10.1. The Labute approximate surface area is 205 Å². The van der Waals surface area contributed by atoms with Crippen molar-refractivity contribution in [2.24, 2.45) is 0 Å². The Hall–Kier alpha value is -3.53. The lowest BCUT2D eigenvalue weighted by molar-refractivity contribution is -0.118. The predicted molar refractivity (Wildman–Crippen MR) is 136 cm³/mol. The van der Waals surface area contributed by atoms with E-state index in [-0.39, 0.29) is 5.91 Å². The third-order valence-electron chi connectivity index (χ3n) is 6.09. The van der Waals surface area contributed by atoms with Crippen LogP contribution in [0.1, 0.15) is 0 Å². The summed E-state index contributed by atoms with van der Waals surface area (Å²) in [6, 6.07) is 17.8. The Balaban J connectivity index is 1.18. The van der Waals surface area contributed by atoms with Crippen LogP contribution in [0.4, 0.5) is 23.0 Å². The van der Waals surface area contributed by atoms with Crippen molar-refractivity contribution in [1.82, 2.24) is 14.9 Å². The highest BCUT2D eigenvalue weighted by atomic mass is 16.5. The van der Waals surface area contributed by atoms with Crippen molar-refractivity contribution in [1.29, 1.82) is 0 Å². The Morgan fingerprint density at radius 2 is 1.49 bits per heavy atom. The molecule has 3 aromatic rings. The van der Waals surface area contributed by atoms with Gasteiger partial charge in [0.15, 0.2) is 0 Å². The Kier molecular flexibility index (Phi) is 7.47. The number of carbonyl (C=O) groups excluding carboxylic acids is 1. The van der Waals surface area contributed by atoms with Crippen LogP contribution < -0.4 is 15.5 Å². The summed E-state index contributed by atoms with van der Waals surface area (Å²) in [7, 11) is 0. The normalized spacial score (nSPS) is 16.6. The average molecular weight is 475 g/mol. The van der Waals surface area contributed by atoms with Gasteiger partial charge in [-0.25, -0.2) is 9.97 Å². The first-order valence-electron chi connectivity index (χ1n) is 12.0. The number of benzene rings is 2. The van der Waals surface area contributed by atoms with Crippen LogP contribution in [0.5, 0.6) is 0 Å². The van der Waals surface area contributed by atoms with Gasteiger partial charge in [0.25, 0.3) is 0 Å². The molecule has 2 saturated heterocycles. The molecule has 0 saturated carbocycles. The zero-order valence-corrected chi connectivity index (χ0v) is 19.7. The van der Waals surface area contributed by atoms with Gasteiger partial charge in [-0.1, -0.05) is 12.1 Å². The molecule has 0 atom stereocenters. The monoisotopic (exact) mass is 474 g/mol. The standard InChI is InChI=1S/C26H30N6O3/c33-25(19-31-11-15-34-16-12-31)28-21-3-1-20(2-4-21)24-9-10-27-26(30-24)29-22-5-7-23(8-6-22)32-13-17-35-18-14-32/h1-10H,11-19H2,(H,28,33)(H,27,29,30). The van der Waals surface area contributed by atoms with E-state index in [0.717, 1.165) is 62.0 Å². The van der Waals surface area contributed by atoms with E-state index in [2.05, 4.69) is 42.5 Å². The number of anilines is 4. The molecule has 2 aliphatic heterocycles. The molecule has 0 aliphatic carbocycles. The highest BCUT2D eigenvalue weighted by molar-refractivity contribution is 5.92. The van der Waals surface area contributed by atoms with E-state index in [1.807, 2.05) is 42.5 Å². The minimum absolute atomic E-state index is 0.0205.